The first-order valence-corrected chi connectivity index (χ1v) is 6.88. The molecule has 0 saturated carbocycles. The largest absolute Gasteiger partial charge is 0.489 e. The van der Waals surface area contributed by atoms with E-state index in [9.17, 15) is 8.78 Å². The lowest BCUT2D eigenvalue weighted by atomic mass is 10.1. The predicted molar refractivity (Wildman–Crippen MR) is 77.4 cm³/mol. The molecule has 2 nitrogen and oxygen atoms in total. The molecule has 0 spiro atoms. The zero-order valence-electron chi connectivity index (χ0n) is 10.9. The Morgan fingerprint density at radius 1 is 1.15 bits per heavy atom. The van der Waals surface area contributed by atoms with E-state index in [0.29, 0.717) is 11.3 Å². The van der Waals surface area contributed by atoms with Crippen molar-refractivity contribution in [2.75, 3.05) is 0 Å². The van der Waals surface area contributed by atoms with Crippen LogP contribution < -0.4 is 10.5 Å². The van der Waals surface area contributed by atoms with Gasteiger partial charge < -0.3 is 10.5 Å². The maximum absolute atomic E-state index is 13.1. The molecule has 0 amide bonds. The van der Waals surface area contributed by atoms with E-state index in [1.165, 1.54) is 6.07 Å². The summed E-state index contributed by atoms with van der Waals surface area (Å²) >= 11 is 3.36. The van der Waals surface area contributed by atoms with E-state index < -0.39 is 11.6 Å². The molecule has 0 aliphatic carbocycles. The Kier molecular flexibility index (Phi) is 4.73. The van der Waals surface area contributed by atoms with Crippen LogP contribution in [0, 0.1) is 11.6 Å². The highest BCUT2D eigenvalue weighted by Gasteiger charge is 2.10. The fourth-order valence-corrected chi connectivity index (χ4v) is 2.14. The van der Waals surface area contributed by atoms with Gasteiger partial charge in [0.1, 0.15) is 12.4 Å². The number of halogens is 3. The standard InChI is InChI=1S/C15H14BrF2NO/c1-9(19)12-4-3-11(16)7-15(12)20-8-10-2-5-13(17)14(18)6-10/h2-7,9H,8,19H2,1H3/t9-/m0/s1. The van der Waals surface area contributed by atoms with E-state index in [1.54, 1.807) is 6.07 Å². The van der Waals surface area contributed by atoms with Crippen molar-refractivity contribution >= 4 is 15.9 Å². The van der Waals surface area contributed by atoms with Crippen molar-refractivity contribution in [3.63, 3.8) is 0 Å². The smallest absolute Gasteiger partial charge is 0.159 e. The van der Waals surface area contributed by atoms with Crippen LogP contribution in [-0.2, 0) is 6.61 Å². The van der Waals surface area contributed by atoms with Gasteiger partial charge in [-0.1, -0.05) is 28.1 Å². The molecule has 0 aliphatic rings. The van der Waals surface area contributed by atoms with Gasteiger partial charge >= 0.3 is 0 Å². The normalized spacial score (nSPS) is 12.2. The summed E-state index contributed by atoms with van der Waals surface area (Å²) in [4.78, 5) is 0. The van der Waals surface area contributed by atoms with Gasteiger partial charge in [0, 0.05) is 16.1 Å². The van der Waals surface area contributed by atoms with E-state index in [0.717, 1.165) is 22.2 Å². The minimum atomic E-state index is -0.882. The van der Waals surface area contributed by atoms with Gasteiger partial charge in [-0.05, 0) is 36.8 Å². The average molecular weight is 342 g/mol. The zero-order valence-corrected chi connectivity index (χ0v) is 12.5. The van der Waals surface area contributed by atoms with Gasteiger partial charge in [-0.2, -0.15) is 0 Å². The summed E-state index contributed by atoms with van der Waals surface area (Å²) in [5, 5.41) is 0. The molecule has 2 rings (SSSR count). The van der Waals surface area contributed by atoms with Crippen LogP contribution in [0.3, 0.4) is 0 Å². The van der Waals surface area contributed by atoms with Gasteiger partial charge in [0.15, 0.2) is 11.6 Å². The average Bonchev–Trinajstić information content (AvgIpc) is 2.40. The maximum Gasteiger partial charge on any atom is 0.159 e. The summed E-state index contributed by atoms with van der Waals surface area (Å²) in [6.45, 7) is 2.00. The van der Waals surface area contributed by atoms with Gasteiger partial charge in [0.2, 0.25) is 0 Å². The van der Waals surface area contributed by atoms with Crippen LogP contribution in [0.5, 0.6) is 5.75 Å². The molecule has 0 unspecified atom stereocenters. The lowest BCUT2D eigenvalue weighted by molar-refractivity contribution is 0.300. The van der Waals surface area contributed by atoms with E-state index >= 15 is 0 Å². The Bertz CT molecular complexity index is 617. The van der Waals surface area contributed by atoms with Crippen LogP contribution in [0.4, 0.5) is 8.78 Å². The van der Waals surface area contributed by atoms with Crippen LogP contribution in [-0.4, -0.2) is 0 Å². The van der Waals surface area contributed by atoms with Gasteiger partial charge in [0.05, 0.1) is 0 Å². The van der Waals surface area contributed by atoms with Crippen LogP contribution >= 0.6 is 15.9 Å². The van der Waals surface area contributed by atoms with Crippen LogP contribution in [0.1, 0.15) is 24.1 Å². The summed E-state index contributed by atoms with van der Waals surface area (Å²) in [6, 6.07) is 9.07. The second-order valence-corrected chi connectivity index (χ2v) is 5.42. The lowest BCUT2D eigenvalue weighted by Gasteiger charge is -2.14. The minimum Gasteiger partial charge on any atom is -0.489 e. The second kappa shape index (κ2) is 6.33. The molecule has 5 heteroatoms. The minimum absolute atomic E-state index is 0.146. The molecule has 0 saturated heterocycles. The molecule has 1 atom stereocenters. The Hall–Kier alpha value is -1.46. The van der Waals surface area contributed by atoms with Crippen molar-refractivity contribution in [2.45, 2.75) is 19.6 Å². The number of hydrogen-bond donors (Lipinski definition) is 1. The quantitative estimate of drug-likeness (QED) is 0.898. The summed E-state index contributed by atoms with van der Waals surface area (Å²) in [5.74, 6) is -1.13. The molecular weight excluding hydrogens is 328 g/mol. The second-order valence-electron chi connectivity index (χ2n) is 4.51. The highest BCUT2D eigenvalue weighted by molar-refractivity contribution is 9.10. The highest BCUT2D eigenvalue weighted by atomic mass is 79.9. The first kappa shape index (κ1) is 14.9. The van der Waals surface area contributed by atoms with Crippen LogP contribution in [0.25, 0.3) is 0 Å². The van der Waals surface area contributed by atoms with E-state index in [2.05, 4.69) is 15.9 Å². The number of nitrogens with two attached hydrogens (primary N) is 1. The van der Waals surface area contributed by atoms with Crippen molar-refractivity contribution in [1.82, 2.24) is 0 Å². The fourth-order valence-electron chi connectivity index (χ4n) is 1.80. The fraction of sp³-hybridized carbons (Fsp3) is 0.200. The van der Waals surface area contributed by atoms with Crippen molar-refractivity contribution in [1.29, 1.82) is 0 Å². The monoisotopic (exact) mass is 341 g/mol. The number of ether oxygens (including phenoxy) is 1. The summed E-state index contributed by atoms with van der Waals surface area (Å²) in [7, 11) is 0. The summed E-state index contributed by atoms with van der Waals surface area (Å²) < 4.78 is 32.5. The lowest BCUT2D eigenvalue weighted by Crippen LogP contribution is -2.08. The van der Waals surface area contributed by atoms with Crippen molar-refractivity contribution in [3.05, 3.63) is 63.6 Å². The van der Waals surface area contributed by atoms with Gasteiger partial charge in [-0.25, -0.2) is 8.78 Å². The topological polar surface area (TPSA) is 35.2 Å². The van der Waals surface area contributed by atoms with Gasteiger partial charge in [-0.3, -0.25) is 0 Å². The highest BCUT2D eigenvalue weighted by Crippen LogP contribution is 2.28. The molecule has 0 aliphatic heterocycles. The molecule has 0 bridgehead atoms. The van der Waals surface area contributed by atoms with Crippen molar-refractivity contribution in [3.8, 4) is 5.75 Å². The van der Waals surface area contributed by atoms with Gasteiger partial charge in [0.25, 0.3) is 0 Å². The number of hydrogen-bond acceptors (Lipinski definition) is 2. The van der Waals surface area contributed by atoms with Crippen molar-refractivity contribution in [2.24, 2.45) is 5.73 Å². The third-order valence-electron chi connectivity index (χ3n) is 2.84. The van der Waals surface area contributed by atoms with Crippen LogP contribution in [0.2, 0.25) is 0 Å². The van der Waals surface area contributed by atoms with E-state index in [1.807, 2.05) is 19.1 Å². The molecule has 0 radical (unpaired) electrons. The number of rotatable bonds is 4. The molecule has 2 aromatic carbocycles. The molecule has 0 heterocycles. The van der Waals surface area contributed by atoms with Crippen molar-refractivity contribution < 1.29 is 13.5 Å². The SMILES string of the molecule is C[C@H](N)c1ccc(Br)cc1OCc1ccc(F)c(F)c1. The Balaban J connectivity index is 2.17. The number of benzene rings is 2. The van der Waals surface area contributed by atoms with Crippen LogP contribution in [0.15, 0.2) is 40.9 Å². The predicted octanol–water partition coefficient (Wildman–Crippen LogP) is 4.33. The molecule has 106 valence electrons. The Labute approximate surface area is 124 Å². The third-order valence-corrected chi connectivity index (χ3v) is 3.34. The maximum atomic E-state index is 13.1. The molecule has 2 N–H and O–H groups in total. The molecular formula is C15H14BrF2NO. The first-order chi connectivity index (χ1) is 9.47. The summed E-state index contributed by atoms with van der Waals surface area (Å²) in [5.41, 5.74) is 7.28. The third kappa shape index (κ3) is 3.55. The van der Waals surface area contributed by atoms with E-state index in [-0.39, 0.29) is 12.6 Å². The molecule has 0 fully saturated rings. The molecule has 20 heavy (non-hydrogen) atoms. The Morgan fingerprint density at radius 2 is 1.90 bits per heavy atom. The van der Waals surface area contributed by atoms with Gasteiger partial charge in [-0.15, -0.1) is 0 Å². The first-order valence-electron chi connectivity index (χ1n) is 6.09. The zero-order chi connectivity index (χ0) is 14.7. The van der Waals surface area contributed by atoms with E-state index in [4.69, 9.17) is 10.5 Å². The molecule has 2 aromatic rings. The Morgan fingerprint density at radius 3 is 2.55 bits per heavy atom. The summed E-state index contributed by atoms with van der Waals surface area (Å²) in [6.07, 6.45) is 0. The molecule has 0 aromatic heterocycles.